The molecule has 2 aromatic rings. The first-order valence-electron chi connectivity index (χ1n) is 7.32. The van der Waals surface area contributed by atoms with Gasteiger partial charge in [-0.2, -0.15) is 0 Å². The average Bonchev–Trinajstić information content (AvgIpc) is 2.77. The molecule has 1 aliphatic rings. The highest BCUT2D eigenvalue weighted by Gasteiger charge is 2.20. The van der Waals surface area contributed by atoms with E-state index in [0.29, 0.717) is 6.54 Å². The summed E-state index contributed by atoms with van der Waals surface area (Å²) in [6, 6.07) is 1.98. The monoisotopic (exact) mass is 271 g/mol. The van der Waals surface area contributed by atoms with Crippen LogP contribution in [0, 0.1) is 12.8 Å². The molecule has 0 spiro atoms. The van der Waals surface area contributed by atoms with Crippen molar-refractivity contribution >= 4 is 16.8 Å². The summed E-state index contributed by atoms with van der Waals surface area (Å²) in [5.41, 5.74) is 2.27. The van der Waals surface area contributed by atoms with E-state index in [1.165, 1.54) is 5.56 Å². The number of hydrogen-bond donors (Lipinski definition) is 0. The van der Waals surface area contributed by atoms with Crippen LogP contribution in [-0.2, 0) is 11.3 Å². The maximum absolute atomic E-state index is 12.4. The number of amides is 1. The van der Waals surface area contributed by atoms with Crippen LogP contribution in [0.4, 0.5) is 0 Å². The van der Waals surface area contributed by atoms with E-state index in [4.69, 9.17) is 0 Å². The number of likely N-dealkylation sites (tertiary alicyclic amines) is 1. The molecule has 0 saturated carbocycles. The molecule has 0 bridgehead atoms. The number of rotatable bonds is 2. The zero-order valence-corrected chi connectivity index (χ0v) is 12.2. The van der Waals surface area contributed by atoms with Crippen molar-refractivity contribution in [3.8, 4) is 0 Å². The summed E-state index contributed by atoms with van der Waals surface area (Å²) in [6.45, 7) is 6.56. The predicted molar refractivity (Wildman–Crippen MR) is 79.4 cm³/mol. The van der Waals surface area contributed by atoms with E-state index in [2.05, 4.69) is 25.0 Å². The number of hydrogen-bond acceptors (Lipinski definition) is 2. The summed E-state index contributed by atoms with van der Waals surface area (Å²) < 4.78 is 2.05. The summed E-state index contributed by atoms with van der Waals surface area (Å²) in [5, 5.41) is 1.13. The van der Waals surface area contributed by atoms with Crippen molar-refractivity contribution in [3.05, 3.63) is 30.2 Å². The third kappa shape index (κ3) is 2.42. The van der Waals surface area contributed by atoms with Crippen LogP contribution in [0.25, 0.3) is 10.9 Å². The molecule has 0 unspecified atom stereocenters. The van der Waals surface area contributed by atoms with Crippen molar-refractivity contribution in [1.29, 1.82) is 0 Å². The Morgan fingerprint density at radius 2 is 2.15 bits per heavy atom. The van der Waals surface area contributed by atoms with E-state index in [1.807, 2.05) is 21.7 Å². The highest BCUT2D eigenvalue weighted by atomic mass is 16.2. The molecule has 0 atom stereocenters. The second-order valence-electron chi connectivity index (χ2n) is 5.90. The summed E-state index contributed by atoms with van der Waals surface area (Å²) in [7, 11) is 0. The first kappa shape index (κ1) is 13.2. The number of pyridine rings is 1. The fourth-order valence-corrected chi connectivity index (χ4v) is 2.95. The van der Waals surface area contributed by atoms with E-state index >= 15 is 0 Å². The van der Waals surface area contributed by atoms with Gasteiger partial charge in [0.25, 0.3) is 0 Å². The van der Waals surface area contributed by atoms with Gasteiger partial charge in [-0.15, -0.1) is 0 Å². The molecular weight excluding hydrogens is 250 g/mol. The highest BCUT2D eigenvalue weighted by molar-refractivity contribution is 5.85. The second-order valence-corrected chi connectivity index (χ2v) is 5.90. The largest absolute Gasteiger partial charge is 0.341 e. The SMILES string of the molecule is Cc1cn(CC(=O)N2CCC(C)CC2)c2ccncc12. The van der Waals surface area contributed by atoms with Crippen LogP contribution >= 0.6 is 0 Å². The van der Waals surface area contributed by atoms with Crippen LogP contribution in [0.1, 0.15) is 25.3 Å². The first-order chi connectivity index (χ1) is 9.65. The van der Waals surface area contributed by atoms with Crippen molar-refractivity contribution in [2.24, 2.45) is 5.92 Å². The number of carbonyl (C=O) groups is 1. The quantitative estimate of drug-likeness (QED) is 0.842. The maximum Gasteiger partial charge on any atom is 0.242 e. The van der Waals surface area contributed by atoms with E-state index in [9.17, 15) is 4.79 Å². The summed E-state index contributed by atoms with van der Waals surface area (Å²) in [6.07, 6.45) is 7.96. The van der Waals surface area contributed by atoms with E-state index < -0.39 is 0 Å². The Bertz CT molecular complexity index is 624. The predicted octanol–water partition coefficient (Wildman–Crippen LogP) is 2.60. The van der Waals surface area contributed by atoms with E-state index in [0.717, 1.165) is 42.8 Å². The molecule has 2 aromatic heterocycles. The summed E-state index contributed by atoms with van der Waals surface area (Å²) >= 11 is 0. The Morgan fingerprint density at radius 3 is 2.90 bits per heavy atom. The van der Waals surface area contributed by atoms with Gasteiger partial charge >= 0.3 is 0 Å². The zero-order valence-electron chi connectivity index (χ0n) is 12.2. The van der Waals surface area contributed by atoms with E-state index in [-0.39, 0.29) is 5.91 Å². The van der Waals surface area contributed by atoms with Gasteiger partial charge in [-0.25, -0.2) is 0 Å². The van der Waals surface area contributed by atoms with Crippen molar-refractivity contribution in [2.45, 2.75) is 33.2 Å². The zero-order chi connectivity index (χ0) is 14.1. The first-order valence-corrected chi connectivity index (χ1v) is 7.32. The molecule has 1 saturated heterocycles. The Kier molecular flexibility index (Phi) is 3.47. The minimum absolute atomic E-state index is 0.227. The lowest BCUT2D eigenvalue weighted by Gasteiger charge is -2.30. The Hall–Kier alpha value is -1.84. The van der Waals surface area contributed by atoms with Gasteiger partial charge in [0.05, 0.1) is 5.52 Å². The molecule has 3 rings (SSSR count). The van der Waals surface area contributed by atoms with Gasteiger partial charge in [0.2, 0.25) is 5.91 Å². The third-order valence-corrected chi connectivity index (χ3v) is 4.32. The smallest absolute Gasteiger partial charge is 0.242 e. The molecular formula is C16H21N3O. The molecule has 0 radical (unpaired) electrons. The number of aromatic nitrogens is 2. The number of nitrogens with zero attached hydrogens (tertiary/aromatic N) is 3. The number of piperidine rings is 1. The Morgan fingerprint density at radius 1 is 1.40 bits per heavy atom. The lowest BCUT2D eigenvalue weighted by Crippen LogP contribution is -2.39. The molecule has 0 aromatic carbocycles. The van der Waals surface area contributed by atoms with Gasteiger partial charge < -0.3 is 9.47 Å². The highest BCUT2D eigenvalue weighted by Crippen LogP contribution is 2.20. The fourth-order valence-electron chi connectivity index (χ4n) is 2.95. The molecule has 1 aliphatic heterocycles. The van der Waals surface area contributed by atoms with Gasteiger partial charge in [0.1, 0.15) is 6.54 Å². The number of carbonyl (C=O) groups excluding carboxylic acids is 1. The molecule has 0 N–H and O–H groups in total. The molecule has 1 fully saturated rings. The lowest BCUT2D eigenvalue weighted by atomic mass is 9.99. The molecule has 1 amide bonds. The Balaban J connectivity index is 1.78. The summed E-state index contributed by atoms with van der Waals surface area (Å²) in [4.78, 5) is 18.6. The van der Waals surface area contributed by atoms with Crippen LogP contribution in [0.15, 0.2) is 24.7 Å². The van der Waals surface area contributed by atoms with Crippen molar-refractivity contribution in [2.75, 3.05) is 13.1 Å². The van der Waals surface area contributed by atoms with E-state index in [1.54, 1.807) is 6.20 Å². The van der Waals surface area contributed by atoms with Gasteiger partial charge in [-0.05, 0) is 37.3 Å². The van der Waals surface area contributed by atoms with Gasteiger partial charge in [0, 0.05) is 37.1 Å². The molecule has 0 aliphatic carbocycles. The van der Waals surface area contributed by atoms with Crippen LogP contribution in [0.2, 0.25) is 0 Å². The topological polar surface area (TPSA) is 38.1 Å². The van der Waals surface area contributed by atoms with Crippen LogP contribution in [0.3, 0.4) is 0 Å². The van der Waals surface area contributed by atoms with Gasteiger partial charge in [-0.1, -0.05) is 6.92 Å². The van der Waals surface area contributed by atoms with Crippen LogP contribution in [0.5, 0.6) is 0 Å². The minimum Gasteiger partial charge on any atom is -0.341 e. The standard InChI is InChI=1S/C16H21N3O/c1-12-4-7-18(8-5-12)16(20)11-19-10-13(2)14-9-17-6-3-15(14)19/h3,6,9-10,12H,4-5,7-8,11H2,1-2H3. The number of aryl methyl sites for hydroxylation is 1. The van der Waals surface area contributed by atoms with Crippen LogP contribution in [-0.4, -0.2) is 33.4 Å². The third-order valence-electron chi connectivity index (χ3n) is 4.32. The maximum atomic E-state index is 12.4. The summed E-state index contributed by atoms with van der Waals surface area (Å²) in [5.74, 6) is 0.977. The number of fused-ring (bicyclic) bond motifs is 1. The average molecular weight is 271 g/mol. The fraction of sp³-hybridized carbons (Fsp3) is 0.500. The Labute approximate surface area is 119 Å². The molecule has 3 heterocycles. The normalized spacial score (nSPS) is 16.8. The second kappa shape index (κ2) is 5.27. The molecule has 4 heteroatoms. The molecule has 106 valence electrons. The molecule has 20 heavy (non-hydrogen) atoms. The van der Waals surface area contributed by atoms with Crippen molar-refractivity contribution in [1.82, 2.24) is 14.5 Å². The van der Waals surface area contributed by atoms with Gasteiger partial charge in [0.15, 0.2) is 0 Å². The minimum atomic E-state index is 0.227. The molecule has 4 nitrogen and oxygen atoms in total. The van der Waals surface area contributed by atoms with Crippen molar-refractivity contribution in [3.63, 3.8) is 0 Å². The lowest BCUT2D eigenvalue weighted by molar-refractivity contribution is -0.133. The van der Waals surface area contributed by atoms with Crippen LogP contribution < -0.4 is 0 Å². The van der Waals surface area contributed by atoms with Gasteiger partial charge in [-0.3, -0.25) is 9.78 Å². The van der Waals surface area contributed by atoms with Crippen molar-refractivity contribution < 1.29 is 4.79 Å².